The smallest absolute Gasteiger partial charge is 0.258 e. The maximum atomic E-state index is 13.5. The van der Waals surface area contributed by atoms with Crippen molar-refractivity contribution in [3.05, 3.63) is 65.1 Å². The van der Waals surface area contributed by atoms with E-state index in [2.05, 4.69) is 23.7 Å². The quantitative estimate of drug-likeness (QED) is 0.543. The van der Waals surface area contributed by atoms with Crippen LogP contribution in [0.5, 0.6) is 0 Å². The maximum Gasteiger partial charge on any atom is 0.258 e. The summed E-state index contributed by atoms with van der Waals surface area (Å²) in [5, 5.41) is 0. The van der Waals surface area contributed by atoms with Crippen molar-refractivity contribution in [2.75, 3.05) is 26.7 Å². The fourth-order valence-electron chi connectivity index (χ4n) is 3.93. The number of hydrogen-bond acceptors (Lipinski definition) is 6. The molecule has 1 amide bonds. The standard InChI is InChI=1S/C24H29N3O4/c1-4-26(5-2)14-18-13-19(23(30-18)17-9-7-6-8-10-17)24(28)27-12-11-21-20(15-27)25-22(31-21)16-29-3/h6-10,13H,4-5,11-12,14-16H2,1-3H3. The number of carbonyl (C=O) groups excluding carboxylic acids is 1. The van der Waals surface area contributed by atoms with E-state index in [4.69, 9.17) is 13.6 Å². The monoisotopic (exact) mass is 423 g/mol. The molecular weight excluding hydrogens is 394 g/mol. The second kappa shape index (κ2) is 9.49. The van der Waals surface area contributed by atoms with E-state index in [1.54, 1.807) is 7.11 Å². The summed E-state index contributed by atoms with van der Waals surface area (Å²) in [5.41, 5.74) is 2.30. The van der Waals surface area contributed by atoms with Gasteiger partial charge in [0.2, 0.25) is 5.89 Å². The van der Waals surface area contributed by atoms with E-state index in [0.717, 1.165) is 35.9 Å². The van der Waals surface area contributed by atoms with Gasteiger partial charge >= 0.3 is 0 Å². The zero-order valence-corrected chi connectivity index (χ0v) is 18.4. The molecule has 0 N–H and O–H groups in total. The molecule has 1 aliphatic rings. The van der Waals surface area contributed by atoms with Gasteiger partial charge in [0, 0.05) is 25.6 Å². The maximum absolute atomic E-state index is 13.5. The number of carbonyl (C=O) groups is 1. The molecule has 7 heteroatoms. The Bertz CT molecular complexity index is 1020. The number of nitrogens with zero attached hydrogens (tertiary/aromatic N) is 3. The van der Waals surface area contributed by atoms with Gasteiger partial charge in [-0.15, -0.1) is 0 Å². The predicted octanol–water partition coefficient (Wildman–Crippen LogP) is 4.12. The average Bonchev–Trinajstić information content (AvgIpc) is 3.41. The molecule has 3 aromatic rings. The summed E-state index contributed by atoms with van der Waals surface area (Å²) in [6.07, 6.45) is 0.641. The van der Waals surface area contributed by atoms with Crippen molar-refractivity contribution < 1.29 is 18.4 Å². The summed E-state index contributed by atoms with van der Waals surface area (Å²) < 4.78 is 17.1. The fraction of sp³-hybridized carbons (Fsp3) is 0.417. The highest BCUT2D eigenvalue weighted by Crippen LogP contribution is 2.31. The van der Waals surface area contributed by atoms with E-state index >= 15 is 0 Å². The van der Waals surface area contributed by atoms with Crippen molar-refractivity contribution in [1.29, 1.82) is 0 Å². The Labute approximate surface area is 182 Å². The van der Waals surface area contributed by atoms with Gasteiger partial charge in [0.1, 0.15) is 29.6 Å². The van der Waals surface area contributed by atoms with Gasteiger partial charge in [0.15, 0.2) is 0 Å². The lowest BCUT2D eigenvalue weighted by Gasteiger charge is -2.25. The van der Waals surface area contributed by atoms with Crippen molar-refractivity contribution >= 4 is 5.91 Å². The number of fused-ring (bicyclic) bond motifs is 1. The van der Waals surface area contributed by atoms with E-state index in [0.29, 0.717) is 49.9 Å². The molecule has 7 nitrogen and oxygen atoms in total. The molecule has 0 radical (unpaired) electrons. The highest BCUT2D eigenvalue weighted by Gasteiger charge is 2.29. The first-order valence-corrected chi connectivity index (χ1v) is 10.8. The van der Waals surface area contributed by atoms with Crippen LogP contribution in [0.3, 0.4) is 0 Å². The molecule has 0 spiro atoms. The second-order valence-electron chi connectivity index (χ2n) is 7.67. The van der Waals surface area contributed by atoms with Crippen LogP contribution in [0.2, 0.25) is 0 Å². The van der Waals surface area contributed by atoms with Crippen LogP contribution in [0, 0.1) is 0 Å². The first kappa shape index (κ1) is 21.3. The molecule has 0 atom stereocenters. The van der Waals surface area contributed by atoms with Crippen LogP contribution in [0.4, 0.5) is 0 Å². The van der Waals surface area contributed by atoms with Crippen molar-refractivity contribution in [2.24, 2.45) is 0 Å². The normalized spacial score (nSPS) is 13.6. The van der Waals surface area contributed by atoms with E-state index in [-0.39, 0.29) is 5.91 Å². The summed E-state index contributed by atoms with van der Waals surface area (Å²) in [6.45, 7) is 8.10. The topological polar surface area (TPSA) is 72.0 Å². The van der Waals surface area contributed by atoms with Crippen molar-refractivity contribution in [3.63, 3.8) is 0 Å². The predicted molar refractivity (Wildman–Crippen MR) is 116 cm³/mol. The van der Waals surface area contributed by atoms with Gasteiger partial charge in [0.05, 0.1) is 18.7 Å². The molecule has 0 unspecified atom stereocenters. The van der Waals surface area contributed by atoms with Crippen LogP contribution in [0.1, 0.15) is 47.3 Å². The summed E-state index contributed by atoms with van der Waals surface area (Å²) in [6, 6.07) is 11.7. The van der Waals surface area contributed by atoms with E-state index in [9.17, 15) is 4.79 Å². The molecule has 1 aromatic carbocycles. The molecule has 0 fully saturated rings. The molecule has 164 valence electrons. The second-order valence-corrected chi connectivity index (χ2v) is 7.67. The third-order valence-electron chi connectivity index (χ3n) is 5.65. The Hall–Kier alpha value is -2.90. The average molecular weight is 424 g/mol. The van der Waals surface area contributed by atoms with Crippen molar-refractivity contribution in [3.8, 4) is 11.3 Å². The van der Waals surface area contributed by atoms with E-state index < -0.39 is 0 Å². The molecular formula is C24H29N3O4. The van der Waals surface area contributed by atoms with Crippen LogP contribution in [0.15, 0.2) is 45.2 Å². The summed E-state index contributed by atoms with van der Waals surface area (Å²) >= 11 is 0. The van der Waals surface area contributed by atoms with Gasteiger partial charge in [-0.25, -0.2) is 4.98 Å². The number of aromatic nitrogens is 1. The minimum absolute atomic E-state index is 0.0460. The van der Waals surface area contributed by atoms with E-state index in [1.807, 2.05) is 41.3 Å². The zero-order valence-electron chi connectivity index (χ0n) is 18.4. The summed E-state index contributed by atoms with van der Waals surface area (Å²) in [4.78, 5) is 22.1. The number of oxazole rings is 1. The largest absolute Gasteiger partial charge is 0.459 e. The Morgan fingerprint density at radius 3 is 2.68 bits per heavy atom. The van der Waals surface area contributed by atoms with Gasteiger partial charge in [-0.1, -0.05) is 44.2 Å². The lowest BCUT2D eigenvalue weighted by molar-refractivity contribution is 0.0728. The Balaban J connectivity index is 1.62. The third kappa shape index (κ3) is 4.57. The van der Waals surface area contributed by atoms with Crippen molar-refractivity contribution in [1.82, 2.24) is 14.8 Å². The number of furan rings is 1. The number of benzene rings is 1. The molecule has 2 aromatic heterocycles. The molecule has 0 aliphatic carbocycles. The number of rotatable bonds is 8. The lowest BCUT2D eigenvalue weighted by Crippen LogP contribution is -2.35. The lowest BCUT2D eigenvalue weighted by atomic mass is 10.1. The van der Waals surface area contributed by atoms with Crippen LogP contribution < -0.4 is 0 Å². The molecule has 0 saturated carbocycles. The number of ether oxygens (including phenoxy) is 1. The Morgan fingerprint density at radius 2 is 1.97 bits per heavy atom. The highest BCUT2D eigenvalue weighted by atomic mass is 16.5. The van der Waals surface area contributed by atoms with E-state index in [1.165, 1.54) is 0 Å². The highest BCUT2D eigenvalue weighted by molar-refractivity contribution is 6.00. The first-order valence-electron chi connectivity index (χ1n) is 10.8. The summed E-state index contributed by atoms with van der Waals surface area (Å²) in [7, 11) is 1.61. The number of methoxy groups -OCH3 is 1. The van der Waals surface area contributed by atoms with Crippen LogP contribution >= 0.6 is 0 Å². The fourth-order valence-corrected chi connectivity index (χ4v) is 3.93. The van der Waals surface area contributed by atoms with Gasteiger partial charge in [-0.05, 0) is 19.2 Å². The van der Waals surface area contributed by atoms with Crippen LogP contribution in [0.25, 0.3) is 11.3 Å². The minimum Gasteiger partial charge on any atom is -0.459 e. The number of hydrogen-bond donors (Lipinski definition) is 0. The molecule has 0 bridgehead atoms. The SMILES string of the molecule is CCN(CC)Cc1cc(C(=O)N2CCc3oc(COC)nc3C2)c(-c2ccccc2)o1. The summed E-state index contributed by atoms with van der Waals surface area (Å²) in [5.74, 6) is 2.77. The first-order chi connectivity index (χ1) is 15.1. The van der Waals surface area contributed by atoms with Gasteiger partial charge in [0.25, 0.3) is 5.91 Å². The van der Waals surface area contributed by atoms with Gasteiger partial charge in [-0.2, -0.15) is 0 Å². The molecule has 0 saturated heterocycles. The van der Waals surface area contributed by atoms with Crippen LogP contribution in [-0.2, 0) is 30.9 Å². The van der Waals surface area contributed by atoms with Gasteiger partial charge < -0.3 is 18.5 Å². The van der Waals surface area contributed by atoms with Crippen molar-refractivity contribution in [2.45, 2.75) is 40.0 Å². The minimum atomic E-state index is -0.0460. The Kier molecular flexibility index (Phi) is 6.53. The Morgan fingerprint density at radius 1 is 1.19 bits per heavy atom. The van der Waals surface area contributed by atoms with Crippen LogP contribution in [-0.4, -0.2) is 47.4 Å². The zero-order chi connectivity index (χ0) is 21.8. The van der Waals surface area contributed by atoms with Gasteiger partial charge in [-0.3, -0.25) is 9.69 Å². The molecule has 4 rings (SSSR count). The third-order valence-corrected chi connectivity index (χ3v) is 5.65. The number of amides is 1. The molecule has 31 heavy (non-hydrogen) atoms. The molecule has 3 heterocycles. The molecule has 1 aliphatic heterocycles.